The molecule has 0 fully saturated rings. The SMILES string of the molecule is COC(=O)C[C@H]1N=C(c2ccc(Cl)cc2)c2c(sc(C)c2C)NC1=O. The van der Waals surface area contributed by atoms with Gasteiger partial charge in [-0.2, -0.15) is 0 Å². The number of hydrogen-bond acceptors (Lipinski definition) is 5. The summed E-state index contributed by atoms with van der Waals surface area (Å²) >= 11 is 7.50. The molecule has 3 rings (SSSR count). The van der Waals surface area contributed by atoms with E-state index in [4.69, 9.17) is 16.3 Å². The number of halogens is 1. The van der Waals surface area contributed by atoms with Crippen molar-refractivity contribution in [1.29, 1.82) is 0 Å². The maximum atomic E-state index is 12.5. The summed E-state index contributed by atoms with van der Waals surface area (Å²) in [5.74, 6) is -0.783. The number of hydrogen-bond donors (Lipinski definition) is 1. The van der Waals surface area contributed by atoms with Crippen molar-refractivity contribution in [2.75, 3.05) is 12.4 Å². The molecule has 0 saturated heterocycles. The lowest BCUT2D eigenvalue weighted by Crippen LogP contribution is -2.28. The molecule has 1 aliphatic rings. The van der Waals surface area contributed by atoms with Gasteiger partial charge < -0.3 is 10.1 Å². The van der Waals surface area contributed by atoms with Gasteiger partial charge in [0.25, 0.3) is 0 Å². The van der Waals surface area contributed by atoms with Crippen molar-refractivity contribution in [3.63, 3.8) is 0 Å². The maximum Gasteiger partial charge on any atom is 0.308 e. The Morgan fingerprint density at radius 1 is 1.32 bits per heavy atom. The number of esters is 1. The molecule has 0 saturated carbocycles. The van der Waals surface area contributed by atoms with Gasteiger partial charge in [0.1, 0.15) is 11.0 Å². The third kappa shape index (κ3) is 3.45. The molecule has 1 amide bonds. The summed E-state index contributed by atoms with van der Waals surface area (Å²) in [6.07, 6.45) is -0.105. The Kier molecular flexibility index (Phi) is 4.92. The predicted octanol–water partition coefficient (Wildman–Crippen LogP) is 3.74. The van der Waals surface area contributed by atoms with E-state index in [-0.39, 0.29) is 12.3 Å². The normalized spacial score (nSPS) is 16.6. The zero-order valence-electron chi connectivity index (χ0n) is 14.1. The van der Waals surface area contributed by atoms with E-state index < -0.39 is 12.0 Å². The van der Waals surface area contributed by atoms with Crippen molar-refractivity contribution in [2.24, 2.45) is 4.99 Å². The Bertz CT molecular complexity index is 871. The highest BCUT2D eigenvalue weighted by atomic mass is 35.5. The largest absolute Gasteiger partial charge is 0.469 e. The summed E-state index contributed by atoms with van der Waals surface area (Å²) in [5, 5.41) is 4.28. The Balaban J connectivity index is 2.16. The van der Waals surface area contributed by atoms with Crippen molar-refractivity contribution in [2.45, 2.75) is 26.3 Å². The van der Waals surface area contributed by atoms with Crippen LogP contribution in [0.5, 0.6) is 0 Å². The fourth-order valence-corrected chi connectivity index (χ4v) is 3.87. The average molecular weight is 377 g/mol. The van der Waals surface area contributed by atoms with E-state index in [9.17, 15) is 9.59 Å². The molecule has 0 spiro atoms. The summed E-state index contributed by atoms with van der Waals surface area (Å²) in [4.78, 5) is 29.9. The van der Waals surface area contributed by atoms with Crippen LogP contribution < -0.4 is 5.32 Å². The number of ether oxygens (including phenoxy) is 1. The second kappa shape index (κ2) is 6.98. The Morgan fingerprint density at radius 2 is 2.00 bits per heavy atom. The second-order valence-corrected chi connectivity index (χ2v) is 7.42. The van der Waals surface area contributed by atoms with Gasteiger partial charge in [-0.1, -0.05) is 23.7 Å². The van der Waals surface area contributed by atoms with Gasteiger partial charge in [-0.15, -0.1) is 11.3 Å². The molecule has 1 aromatic heterocycles. The molecule has 5 nitrogen and oxygen atoms in total. The Morgan fingerprint density at radius 3 is 2.64 bits per heavy atom. The van der Waals surface area contributed by atoms with Crippen LogP contribution in [-0.4, -0.2) is 30.7 Å². The summed E-state index contributed by atoms with van der Waals surface area (Å²) in [6, 6.07) is 6.45. The number of aryl methyl sites for hydroxylation is 1. The quantitative estimate of drug-likeness (QED) is 0.830. The molecule has 1 aromatic carbocycles. The fourth-order valence-electron chi connectivity index (χ4n) is 2.68. The van der Waals surface area contributed by atoms with Crippen LogP contribution in [0.15, 0.2) is 29.3 Å². The summed E-state index contributed by atoms with van der Waals surface area (Å²) < 4.78 is 4.70. The number of carbonyl (C=O) groups excluding carboxylic acids is 2. The van der Waals surface area contributed by atoms with Crippen LogP contribution in [0.1, 0.15) is 28.0 Å². The minimum atomic E-state index is -0.836. The molecule has 2 aromatic rings. The number of methoxy groups -OCH3 is 1. The Hall–Kier alpha value is -2.18. The van der Waals surface area contributed by atoms with E-state index in [0.29, 0.717) is 10.7 Å². The zero-order valence-corrected chi connectivity index (χ0v) is 15.6. The topological polar surface area (TPSA) is 67.8 Å². The molecular formula is C18H17ClN2O3S. The Labute approximate surface area is 154 Å². The number of carbonyl (C=O) groups is 2. The lowest BCUT2D eigenvalue weighted by molar-refractivity contribution is -0.142. The number of nitrogens with zero attached hydrogens (tertiary/aromatic N) is 1. The molecule has 130 valence electrons. The van der Waals surface area contributed by atoms with Crippen LogP contribution in [0.4, 0.5) is 5.00 Å². The average Bonchev–Trinajstić information content (AvgIpc) is 2.78. The molecule has 0 aliphatic carbocycles. The van der Waals surface area contributed by atoms with Gasteiger partial charge in [0.15, 0.2) is 0 Å². The second-order valence-electron chi connectivity index (χ2n) is 5.76. The number of benzene rings is 1. The predicted molar refractivity (Wildman–Crippen MR) is 99.9 cm³/mol. The monoisotopic (exact) mass is 376 g/mol. The molecule has 25 heavy (non-hydrogen) atoms. The van der Waals surface area contributed by atoms with Crippen LogP contribution in [0, 0.1) is 13.8 Å². The highest BCUT2D eigenvalue weighted by molar-refractivity contribution is 7.17. The molecule has 1 aliphatic heterocycles. The van der Waals surface area contributed by atoms with Crippen LogP contribution >= 0.6 is 22.9 Å². The van der Waals surface area contributed by atoms with Gasteiger partial charge in [0.05, 0.1) is 19.2 Å². The molecule has 0 bridgehead atoms. The molecular weight excluding hydrogens is 360 g/mol. The number of amides is 1. The molecule has 1 N–H and O–H groups in total. The van der Waals surface area contributed by atoms with Gasteiger partial charge in [0.2, 0.25) is 5.91 Å². The summed E-state index contributed by atoms with van der Waals surface area (Å²) in [5.41, 5.74) is 3.48. The number of anilines is 1. The van der Waals surface area contributed by atoms with Gasteiger partial charge in [-0.05, 0) is 31.5 Å². The van der Waals surface area contributed by atoms with E-state index in [1.807, 2.05) is 26.0 Å². The first-order valence-electron chi connectivity index (χ1n) is 7.72. The zero-order chi connectivity index (χ0) is 18.1. The van der Waals surface area contributed by atoms with Gasteiger partial charge in [0, 0.05) is 21.0 Å². The number of nitrogens with one attached hydrogen (secondary N) is 1. The van der Waals surface area contributed by atoms with Crippen LogP contribution in [-0.2, 0) is 14.3 Å². The molecule has 0 radical (unpaired) electrons. The number of aliphatic imine (C=N–C) groups is 1. The summed E-state index contributed by atoms with van der Waals surface area (Å²) in [7, 11) is 1.30. The lowest BCUT2D eigenvalue weighted by atomic mass is 10.00. The molecule has 0 unspecified atom stereocenters. The molecule has 2 heterocycles. The maximum absolute atomic E-state index is 12.5. The highest BCUT2D eigenvalue weighted by Gasteiger charge is 2.30. The summed E-state index contributed by atoms with van der Waals surface area (Å²) in [6.45, 7) is 4.01. The molecule has 1 atom stereocenters. The highest BCUT2D eigenvalue weighted by Crippen LogP contribution is 2.36. The fraction of sp³-hybridized carbons (Fsp3) is 0.278. The van der Waals surface area contributed by atoms with E-state index in [1.54, 1.807) is 12.1 Å². The van der Waals surface area contributed by atoms with Gasteiger partial charge >= 0.3 is 5.97 Å². The first kappa shape index (κ1) is 17.6. The van der Waals surface area contributed by atoms with Crippen molar-refractivity contribution >= 4 is 45.5 Å². The van der Waals surface area contributed by atoms with E-state index in [1.165, 1.54) is 18.4 Å². The van der Waals surface area contributed by atoms with Gasteiger partial charge in [-0.3, -0.25) is 14.6 Å². The number of fused-ring (bicyclic) bond motifs is 1. The van der Waals surface area contributed by atoms with E-state index >= 15 is 0 Å². The van der Waals surface area contributed by atoms with Crippen molar-refractivity contribution in [3.8, 4) is 0 Å². The van der Waals surface area contributed by atoms with Gasteiger partial charge in [-0.25, -0.2) is 0 Å². The third-order valence-electron chi connectivity index (χ3n) is 4.15. The third-order valence-corrected chi connectivity index (χ3v) is 5.53. The van der Waals surface area contributed by atoms with Crippen molar-refractivity contribution in [3.05, 3.63) is 50.9 Å². The smallest absolute Gasteiger partial charge is 0.308 e. The van der Waals surface area contributed by atoms with Crippen molar-refractivity contribution < 1.29 is 14.3 Å². The standard InChI is InChI=1S/C18H17ClN2O3S/c1-9-10(2)25-18-15(9)16(11-4-6-12(19)7-5-11)20-13(17(23)21-18)8-14(22)24-3/h4-7,13H,8H2,1-3H3,(H,21,23)/t13-/m1/s1. The van der Waals surface area contributed by atoms with E-state index in [2.05, 4.69) is 10.3 Å². The van der Waals surface area contributed by atoms with E-state index in [0.717, 1.165) is 26.6 Å². The van der Waals surface area contributed by atoms with Crippen LogP contribution in [0.25, 0.3) is 0 Å². The molecule has 7 heteroatoms. The first-order valence-corrected chi connectivity index (χ1v) is 8.92. The first-order chi connectivity index (χ1) is 11.9. The lowest BCUT2D eigenvalue weighted by Gasteiger charge is -2.10. The van der Waals surface area contributed by atoms with Crippen LogP contribution in [0.3, 0.4) is 0 Å². The number of thiophene rings is 1. The van der Waals surface area contributed by atoms with Crippen molar-refractivity contribution in [1.82, 2.24) is 0 Å². The minimum Gasteiger partial charge on any atom is -0.469 e. The minimum absolute atomic E-state index is 0.105. The number of rotatable bonds is 3. The van der Waals surface area contributed by atoms with Crippen LogP contribution in [0.2, 0.25) is 5.02 Å².